The van der Waals surface area contributed by atoms with Gasteiger partial charge >= 0.3 is 17.9 Å². The lowest BCUT2D eigenvalue weighted by Crippen LogP contribution is -2.81. The molecule has 3 fully saturated rings. The number of hydrogen-bond acceptors (Lipinski definition) is 12. The molecule has 13 nitrogen and oxygen atoms in total. The van der Waals surface area contributed by atoms with Gasteiger partial charge in [-0.2, -0.15) is 0 Å². The Kier molecular flexibility index (Phi) is 9.77. The van der Waals surface area contributed by atoms with Gasteiger partial charge in [-0.1, -0.05) is 50.6 Å². The molecule has 2 aromatic carbocycles. The number of piperidine rings is 1. The van der Waals surface area contributed by atoms with E-state index in [1.807, 2.05) is 43.1 Å². The number of anilines is 1. The van der Waals surface area contributed by atoms with Crippen LogP contribution in [0.25, 0.3) is 10.9 Å². The van der Waals surface area contributed by atoms with Crippen LogP contribution in [0.4, 0.5) is 5.69 Å². The van der Waals surface area contributed by atoms with E-state index in [9.17, 15) is 19.8 Å². The molecular weight excluding hydrogens is 765 g/mol. The molecular formula is C47H60N4O9. The van der Waals surface area contributed by atoms with E-state index in [1.165, 1.54) is 21.1 Å². The Morgan fingerprint density at radius 3 is 2.43 bits per heavy atom. The first kappa shape index (κ1) is 40.9. The van der Waals surface area contributed by atoms with Gasteiger partial charge in [0.15, 0.2) is 6.10 Å². The number of hydrogen-bond donors (Lipinski definition) is 3. The number of rotatable bonds is 8. The Hall–Kier alpha value is -4.43. The Balaban J connectivity index is 1.36. The third-order valence-corrected chi connectivity index (χ3v) is 15.7. The second-order valence-corrected chi connectivity index (χ2v) is 18.6. The van der Waals surface area contributed by atoms with Crippen LogP contribution in [0, 0.1) is 11.3 Å². The van der Waals surface area contributed by atoms with E-state index in [0.717, 1.165) is 39.8 Å². The molecule has 1 aromatic heterocycles. The molecule has 322 valence electrons. The van der Waals surface area contributed by atoms with E-state index in [2.05, 4.69) is 46.0 Å². The summed E-state index contributed by atoms with van der Waals surface area (Å²) in [6, 6.07) is 11.0. The van der Waals surface area contributed by atoms with E-state index in [4.69, 9.17) is 18.9 Å². The number of esters is 3. The number of ether oxygens (including phenoxy) is 4. The second-order valence-electron chi connectivity index (χ2n) is 18.6. The molecule has 6 aliphatic rings. The third kappa shape index (κ3) is 5.34. The Bertz CT molecular complexity index is 2270. The minimum absolute atomic E-state index is 0.0971. The summed E-state index contributed by atoms with van der Waals surface area (Å²) in [6.45, 7) is 8.72. The Morgan fingerprint density at radius 1 is 0.967 bits per heavy atom. The number of fused-ring (bicyclic) bond motifs is 6. The number of nitrogens with zero attached hydrogens (tertiary/aromatic N) is 3. The smallest absolute Gasteiger partial charge is 0.344 e. The highest BCUT2D eigenvalue weighted by Crippen LogP contribution is 2.68. The maximum atomic E-state index is 15.4. The minimum Gasteiger partial charge on any atom is -0.496 e. The highest BCUT2D eigenvalue weighted by molar-refractivity contribution is 5.95. The van der Waals surface area contributed by atoms with E-state index in [1.54, 1.807) is 7.11 Å². The third-order valence-electron chi connectivity index (χ3n) is 15.7. The summed E-state index contributed by atoms with van der Waals surface area (Å²) in [6.07, 6.45) is 6.87. The number of benzene rings is 2. The number of likely N-dealkylation sites (N-methyl/N-ethyl adjacent to an activating group) is 1. The van der Waals surface area contributed by atoms with E-state index in [-0.39, 0.29) is 12.0 Å². The van der Waals surface area contributed by atoms with Crippen molar-refractivity contribution in [1.82, 2.24) is 14.8 Å². The van der Waals surface area contributed by atoms with Crippen LogP contribution < -0.4 is 9.64 Å². The number of carbonyl (C=O) groups is 3. The average Bonchev–Trinajstić information content (AvgIpc) is 3.90. The fraction of sp³-hybridized carbons (Fsp3) is 0.596. The molecule has 5 aliphatic heterocycles. The van der Waals surface area contributed by atoms with Crippen molar-refractivity contribution in [3.63, 3.8) is 0 Å². The van der Waals surface area contributed by atoms with Crippen LogP contribution in [0.5, 0.6) is 5.75 Å². The van der Waals surface area contributed by atoms with Gasteiger partial charge in [0.2, 0.25) is 5.60 Å². The Morgan fingerprint density at radius 2 is 1.73 bits per heavy atom. The van der Waals surface area contributed by atoms with Crippen LogP contribution in [0.3, 0.4) is 0 Å². The summed E-state index contributed by atoms with van der Waals surface area (Å²) in [5.74, 6) is -1.55. The molecule has 1 spiro atoms. The number of H-pyrrole nitrogens is 1. The van der Waals surface area contributed by atoms with Gasteiger partial charge in [0.25, 0.3) is 0 Å². The lowest BCUT2D eigenvalue weighted by molar-refractivity contribution is -0.228. The largest absolute Gasteiger partial charge is 0.496 e. The summed E-state index contributed by atoms with van der Waals surface area (Å²) in [4.78, 5) is 53.3. The van der Waals surface area contributed by atoms with Gasteiger partial charge in [-0.15, -0.1) is 0 Å². The zero-order valence-electron chi connectivity index (χ0n) is 36.0. The standard InChI is InChI=1S/C47H60N4O9/c1-8-16-43(55)24-29-25-46(41(53)58-6,37-31(15-20-50(26-29)27-43)30-13-10-11-14-34(30)48-37)33-22-32-35(23-36(33)57-5)49(4)39-45(32)18-21-51-19-12-17-44(9-2,38(45)51)40(60-28(3)52)47(39,56)42(54)59-7/h10-14,17,22-23,29,38-40,48,55-56H,8-9,15-16,18-21,24-27H2,1-7H3/t29-,38+,39-,40-,43+,44-,45-,46+,47+/m1/s1. The molecule has 2 bridgehead atoms. The summed E-state index contributed by atoms with van der Waals surface area (Å²) < 4.78 is 24.0. The predicted octanol–water partition coefficient (Wildman–Crippen LogP) is 4.38. The van der Waals surface area contributed by atoms with E-state index < -0.39 is 57.5 Å². The molecule has 3 aromatic rings. The topological polar surface area (TPSA) is 154 Å². The number of aliphatic hydroxyl groups is 2. The molecule has 6 heterocycles. The molecule has 0 radical (unpaired) electrons. The van der Waals surface area contributed by atoms with Crippen molar-refractivity contribution in [2.75, 3.05) is 66.0 Å². The van der Waals surface area contributed by atoms with Crippen LogP contribution in [0.15, 0.2) is 48.6 Å². The highest BCUT2D eigenvalue weighted by Gasteiger charge is 2.80. The SMILES string of the molecule is CCC[C@]1(O)C[C@H]2CN(CCc3c([nH]c4ccccc34)[C@@](C(=O)OC)(c3cc4c(cc3OC)N(C)[C@H]3[C@@](O)(C(=O)OC)[C@H](OC(C)=O)[C@]5(CC)C=CCN6CC[C@]43[C@@H]65)C2)C1. The quantitative estimate of drug-likeness (QED) is 0.168. The van der Waals surface area contributed by atoms with Gasteiger partial charge in [-0.25, -0.2) is 4.79 Å². The maximum absolute atomic E-state index is 15.4. The number of nitrogens with one attached hydrogen (secondary N) is 1. The first-order valence-corrected chi connectivity index (χ1v) is 21.7. The average molecular weight is 825 g/mol. The zero-order chi connectivity index (χ0) is 42.6. The summed E-state index contributed by atoms with van der Waals surface area (Å²) in [7, 11) is 6.17. The van der Waals surface area contributed by atoms with Crippen LogP contribution in [0.1, 0.15) is 81.7 Å². The number of methoxy groups -OCH3 is 3. The fourth-order valence-corrected chi connectivity index (χ4v) is 13.9. The zero-order valence-corrected chi connectivity index (χ0v) is 36.0. The van der Waals surface area contributed by atoms with Gasteiger partial charge in [0.05, 0.1) is 33.0 Å². The number of para-hydroxylation sites is 1. The molecule has 3 N–H and O–H groups in total. The molecule has 0 amide bonds. The van der Waals surface area contributed by atoms with Gasteiger partial charge in [-0.3, -0.25) is 19.4 Å². The number of carbonyl (C=O) groups excluding carboxylic acids is 3. The van der Waals surface area contributed by atoms with Gasteiger partial charge in [-0.05, 0) is 74.2 Å². The lowest BCUT2D eigenvalue weighted by atomic mass is 9.47. The summed E-state index contributed by atoms with van der Waals surface area (Å²) in [5, 5.41) is 26.5. The van der Waals surface area contributed by atoms with Crippen LogP contribution in [-0.2, 0) is 45.8 Å². The van der Waals surface area contributed by atoms with Crippen molar-refractivity contribution >= 4 is 34.5 Å². The Labute approximate surface area is 352 Å². The predicted molar refractivity (Wildman–Crippen MR) is 225 cm³/mol. The summed E-state index contributed by atoms with van der Waals surface area (Å²) >= 11 is 0. The maximum Gasteiger partial charge on any atom is 0.344 e. The van der Waals surface area contributed by atoms with E-state index in [0.29, 0.717) is 82.6 Å². The van der Waals surface area contributed by atoms with Crippen molar-refractivity contribution in [2.24, 2.45) is 11.3 Å². The number of aromatic nitrogens is 1. The molecule has 60 heavy (non-hydrogen) atoms. The molecule has 1 saturated carbocycles. The first-order chi connectivity index (χ1) is 28.7. The van der Waals surface area contributed by atoms with Crippen LogP contribution in [-0.4, -0.2) is 133 Å². The normalized spacial score (nSPS) is 36.5. The molecule has 1 aliphatic carbocycles. The van der Waals surface area contributed by atoms with Gasteiger partial charge < -0.3 is 39.0 Å². The molecule has 13 heteroatoms. The van der Waals surface area contributed by atoms with Gasteiger partial charge in [0.1, 0.15) is 11.2 Å². The lowest BCUT2D eigenvalue weighted by Gasteiger charge is -2.63. The molecule has 2 saturated heterocycles. The van der Waals surface area contributed by atoms with Crippen molar-refractivity contribution in [1.29, 1.82) is 0 Å². The molecule has 9 rings (SSSR count). The van der Waals surface area contributed by atoms with Crippen LogP contribution >= 0.6 is 0 Å². The van der Waals surface area contributed by atoms with E-state index >= 15 is 4.79 Å². The molecule has 10 atom stereocenters. The van der Waals surface area contributed by atoms with Crippen LogP contribution in [0.2, 0.25) is 0 Å². The van der Waals surface area contributed by atoms with Crippen molar-refractivity contribution in [2.45, 2.75) is 106 Å². The van der Waals surface area contributed by atoms with Crippen molar-refractivity contribution in [3.05, 3.63) is 70.9 Å². The van der Waals surface area contributed by atoms with Crippen molar-refractivity contribution in [3.8, 4) is 5.75 Å². The first-order valence-electron chi connectivity index (χ1n) is 21.7. The summed E-state index contributed by atoms with van der Waals surface area (Å²) in [5.41, 5.74) is -1.60. The fourth-order valence-electron chi connectivity index (χ4n) is 13.9. The second kappa shape index (κ2) is 14.3. The van der Waals surface area contributed by atoms with Gasteiger partial charge in [0, 0.05) is 90.9 Å². The molecule has 1 unspecified atom stereocenters. The highest BCUT2D eigenvalue weighted by atomic mass is 16.6. The monoisotopic (exact) mass is 824 g/mol. The minimum atomic E-state index is -2.30. The van der Waals surface area contributed by atoms with Crippen molar-refractivity contribution < 1.29 is 43.5 Å². The number of aromatic amines is 1.